The van der Waals surface area contributed by atoms with Crippen molar-refractivity contribution >= 4 is 0 Å². The maximum atomic E-state index is 10.7. The van der Waals surface area contributed by atoms with Gasteiger partial charge in [0, 0.05) is 36.4 Å². The molecule has 0 radical (unpaired) electrons. The van der Waals surface area contributed by atoms with E-state index in [9.17, 15) is 5.11 Å². The molecule has 0 amide bonds. The Morgan fingerprint density at radius 1 is 1.17 bits per heavy atom. The lowest BCUT2D eigenvalue weighted by Gasteiger charge is -2.63. The number of ether oxygens (including phenoxy) is 1. The molecule has 4 fully saturated rings. The van der Waals surface area contributed by atoms with E-state index in [0.717, 1.165) is 32.1 Å². The number of piperidine rings is 2. The third-order valence-electron chi connectivity index (χ3n) is 7.63. The molecule has 0 unspecified atom stereocenters. The first-order chi connectivity index (χ1) is 11.7. The summed E-state index contributed by atoms with van der Waals surface area (Å²) in [7, 11) is 0. The Morgan fingerprint density at radius 2 is 2.00 bits per heavy atom. The monoisotopic (exact) mass is 336 g/mol. The molecule has 1 saturated carbocycles. The first-order valence-corrected chi connectivity index (χ1v) is 10.5. The summed E-state index contributed by atoms with van der Waals surface area (Å²) >= 11 is 0. The number of hydrogen-bond donors (Lipinski definition) is 1. The summed E-state index contributed by atoms with van der Waals surface area (Å²) < 4.78 is 6.40. The number of aliphatic hydroxyl groups excluding tert-OH is 1. The van der Waals surface area contributed by atoms with E-state index in [0.29, 0.717) is 17.4 Å². The minimum absolute atomic E-state index is 0.279. The number of fused-ring (bicyclic) bond motifs is 2. The van der Waals surface area contributed by atoms with E-state index in [1.165, 1.54) is 51.6 Å². The first kappa shape index (κ1) is 17.3. The highest BCUT2D eigenvalue weighted by molar-refractivity contribution is 5.09. The van der Waals surface area contributed by atoms with E-state index in [2.05, 4.69) is 23.6 Å². The van der Waals surface area contributed by atoms with Gasteiger partial charge in [0.05, 0.1) is 6.10 Å². The van der Waals surface area contributed by atoms with Crippen LogP contribution in [0.15, 0.2) is 0 Å². The fourth-order valence-corrected chi connectivity index (χ4v) is 6.48. The van der Waals surface area contributed by atoms with Crippen LogP contribution in [0.5, 0.6) is 0 Å². The van der Waals surface area contributed by atoms with Gasteiger partial charge in [-0.1, -0.05) is 26.7 Å². The minimum Gasteiger partial charge on any atom is -0.368 e. The standard InChI is InChI=1S/C20H36N2O2/c1-3-21(4-2)13-15-12-20-10-7-8-16(18(20)24-19(15)23)17-9-5-6-11-22(17)14-20/h15-19,23H,3-14H2,1-2H3/t15-,16-,17-,18+,19-,20+/m1/s1. The second-order valence-corrected chi connectivity index (χ2v) is 8.85. The van der Waals surface area contributed by atoms with E-state index in [4.69, 9.17) is 4.74 Å². The van der Waals surface area contributed by atoms with Crippen LogP contribution in [0.2, 0.25) is 0 Å². The molecule has 4 aliphatic rings. The number of aliphatic hydroxyl groups is 1. The Bertz CT molecular complexity index is 441. The van der Waals surface area contributed by atoms with Crippen molar-refractivity contribution < 1.29 is 9.84 Å². The zero-order valence-electron chi connectivity index (χ0n) is 15.6. The summed E-state index contributed by atoms with van der Waals surface area (Å²) in [6.07, 6.45) is 8.99. The van der Waals surface area contributed by atoms with Crippen LogP contribution in [-0.4, -0.2) is 66.1 Å². The highest BCUT2D eigenvalue weighted by atomic mass is 16.6. The second kappa shape index (κ2) is 6.86. The lowest BCUT2D eigenvalue weighted by Crippen LogP contribution is -2.68. The number of nitrogens with zero attached hydrogens (tertiary/aromatic N) is 2. The molecule has 4 nitrogen and oxygen atoms in total. The van der Waals surface area contributed by atoms with E-state index in [1.54, 1.807) is 0 Å². The van der Waals surface area contributed by atoms with Crippen molar-refractivity contribution in [3.8, 4) is 0 Å². The maximum absolute atomic E-state index is 10.7. The SMILES string of the molecule is CCN(CC)C[C@H]1C[C@@]23CCC[C@H]([C@H]4CCCCN4C2)[C@@H]3O[C@H]1O. The Hall–Kier alpha value is -0.160. The highest BCUT2D eigenvalue weighted by Gasteiger charge is 2.59. The van der Waals surface area contributed by atoms with Crippen molar-refractivity contribution in [3.05, 3.63) is 0 Å². The molecular formula is C20H36N2O2. The van der Waals surface area contributed by atoms with Crippen molar-refractivity contribution in [2.24, 2.45) is 17.3 Å². The van der Waals surface area contributed by atoms with Gasteiger partial charge in [-0.2, -0.15) is 0 Å². The van der Waals surface area contributed by atoms with Crippen LogP contribution < -0.4 is 0 Å². The van der Waals surface area contributed by atoms with Gasteiger partial charge < -0.3 is 14.7 Å². The van der Waals surface area contributed by atoms with Crippen LogP contribution in [0.4, 0.5) is 0 Å². The van der Waals surface area contributed by atoms with Gasteiger partial charge >= 0.3 is 0 Å². The van der Waals surface area contributed by atoms with Crippen LogP contribution in [0.1, 0.15) is 58.8 Å². The molecule has 3 saturated heterocycles. The van der Waals surface area contributed by atoms with Crippen LogP contribution >= 0.6 is 0 Å². The Morgan fingerprint density at radius 3 is 2.79 bits per heavy atom. The molecule has 4 heteroatoms. The molecule has 0 spiro atoms. The molecule has 3 aliphatic heterocycles. The Kier molecular flexibility index (Phi) is 4.94. The predicted molar refractivity (Wildman–Crippen MR) is 95.8 cm³/mol. The van der Waals surface area contributed by atoms with Crippen LogP contribution in [0.25, 0.3) is 0 Å². The van der Waals surface area contributed by atoms with E-state index >= 15 is 0 Å². The minimum atomic E-state index is -0.556. The molecule has 2 bridgehead atoms. The summed E-state index contributed by atoms with van der Waals surface area (Å²) in [5.41, 5.74) is 0.313. The van der Waals surface area contributed by atoms with E-state index in [-0.39, 0.29) is 5.92 Å². The van der Waals surface area contributed by atoms with Gasteiger partial charge in [-0.3, -0.25) is 4.90 Å². The van der Waals surface area contributed by atoms with Gasteiger partial charge in [0.2, 0.25) is 0 Å². The third kappa shape index (κ3) is 2.84. The fourth-order valence-electron chi connectivity index (χ4n) is 6.48. The van der Waals surface area contributed by atoms with Gasteiger partial charge in [-0.25, -0.2) is 0 Å². The molecule has 6 atom stereocenters. The van der Waals surface area contributed by atoms with E-state index < -0.39 is 6.29 Å². The zero-order valence-corrected chi connectivity index (χ0v) is 15.6. The molecule has 138 valence electrons. The van der Waals surface area contributed by atoms with Crippen molar-refractivity contribution in [2.75, 3.05) is 32.7 Å². The fraction of sp³-hybridized carbons (Fsp3) is 1.00. The summed E-state index contributed by atoms with van der Waals surface area (Å²) in [5, 5.41) is 10.7. The predicted octanol–water partition coefficient (Wildman–Crippen LogP) is 2.71. The van der Waals surface area contributed by atoms with Crippen molar-refractivity contribution in [1.82, 2.24) is 9.80 Å². The molecule has 24 heavy (non-hydrogen) atoms. The lowest BCUT2D eigenvalue weighted by atomic mass is 9.56. The summed E-state index contributed by atoms with van der Waals surface area (Å²) in [4.78, 5) is 5.25. The average molecular weight is 337 g/mol. The third-order valence-corrected chi connectivity index (χ3v) is 7.63. The van der Waals surface area contributed by atoms with Gasteiger partial charge in [-0.15, -0.1) is 0 Å². The smallest absolute Gasteiger partial charge is 0.159 e. The molecule has 3 heterocycles. The average Bonchev–Trinajstić information content (AvgIpc) is 2.59. The number of rotatable bonds is 4. The molecular weight excluding hydrogens is 300 g/mol. The van der Waals surface area contributed by atoms with Gasteiger partial charge in [0.15, 0.2) is 6.29 Å². The molecule has 0 aromatic rings. The lowest BCUT2D eigenvalue weighted by molar-refractivity contribution is -0.291. The first-order valence-electron chi connectivity index (χ1n) is 10.5. The van der Waals surface area contributed by atoms with Crippen LogP contribution in [-0.2, 0) is 4.74 Å². The topological polar surface area (TPSA) is 35.9 Å². The van der Waals surface area contributed by atoms with Crippen LogP contribution in [0.3, 0.4) is 0 Å². The quantitative estimate of drug-likeness (QED) is 0.856. The van der Waals surface area contributed by atoms with Gasteiger partial charge in [0.25, 0.3) is 0 Å². The van der Waals surface area contributed by atoms with Crippen molar-refractivity contribution in [1.29, 1.82) is 0 Å². The molecule has 1 aliphatic carbocycles. The summed E-state index contributed by atoms with van der Waals surface area (Å²) in [5.74, 6) is 0.943. The van der Waals surface area contributed by atoms with Crippen molar-refractivity contribution in [3.63, 3.8) is 0 Å². The number of hydrogen-bond acceptors (Lipinski definition) is 4. The van der Waals surface area contributed by atoms with E-state index in [1.807, 2.05) is 0 Å². The second-order valence-electron chi connectivity index (χ2n) is 8.85. The molecule has 0 aromatic heterocycles. The molecule has 1 N–H and O–H groups in total. The van der Waals surface area contributed by atoms with Gasteiger partial charge in [-0.05, 0) is 51.7 Å². The molecule has 0 aromatic carbocycles. The largest absolute Gasteiger partial charge is 0.368 e. The summed E-state index contributed by atoms with van der Waals surface area (Å²) in [6.45, 7) is 10.1. The Labute approximate surface area is 147 Å². The normalized spacial score (nSPS) is 45.8. The Balaban J connectivity index is 1.55. The maximum Gasteiger partial charge on any atom is 0.159 e. The molecule has 4 rings (SSSR count). The summed E-state index contributed by atoms with van der Waals surface area (Å²) in [6, 6.07) is 0.726. The highest BCUT2D eigenvalue weighted by Crippen LogP contribution is 2.55. The van der Waals surface area contributed by atoms with Crippen molar-refractivity contribution in [2.45, 2.75) is 77.2 Å². The van der Waals surface area contributed by atoms with Crippen LogP contribution in [0, 0.1) is 17.3 Å². The zero-order chi connectivity index (χ0) is 16.7. The van der Waals surface area contributed by atoms with Gasteiger partial charge in [0.1, 0.15) is 0 Å².